The van der Waals surface area contributed by atoms with Gasteiger partial charge in [0.1, 0.15) is 28.0 Å². The number of benzene rings is 18. The molecule has 0 aliphatic heterocycles. The zero-order valence-electron chi connectivity index (χ0n) is 67.1. The molecule has 0 radical (unpaired) electrons. The van der Waals surface area contributed by atoms with E-state index in [-0.39, 0.29) is 0 Å². The van der Waals surface area contributed by atoms with Crippen LogP contribution in [0, 0.1) is 0 Å². The molecular formula is C116H80O7. The molecule has 0 saturated carbocycles. The molecule has 24 rings (SSSR count). The Bertz CT molecular complexity index is 6880. The van der Waals surface area contributed by atoms with Crippen molar-refractivity contribution < 1.29 is 35.4 Å². The van der Waals surface area contributed by atoms with Crippen LogP contribution in [0.3, 0.4) is 0 Å². The third-order valence-electron chi connectivity index (χ3n) is 26.9. The number of fused-ring (bicyclic) bond motifs is 18. The van der Waals surface area contributed by atoms with Crippen molar-refractivity contribution in [3.05, 3.63) is 536 Å². The van der Waals surface area contributed by atoms with E-state index < -0.39 is 39.4 Å². The Labute approximate surface area is 713 Å². The number of aliphatic hydroxyl groups is 5. The molecule has 18 aromatic carbocycles. The Morgan fingerprint density at radius 1 is 0.171 bits per heavy atom. The van der Waals surface area contributed by atoms with E-state index in [1.165, 1.54) is 0 Å². The SMILES string of the molecule is CC(=O)O.OC1(c2ccc(-c3ccc(C4(O)c5ccccc5-c5ccccc54)cc3)cc2)c2ccccc2-c2ccccc21.OC1(c2ccc(-c3ccc(C4(c5cc(C6(O)c7ccccc7-c7ccccc76)ccc5-c5ccc(C6(O)c7ccccc7-c7ccccc76)cc5)c5ccccc5-c5ccccc54)cc3)cc2)c2ccccc2-c2ccccc21. The largest absolute Gasteiger partial charge is 0.481 e. The van der Waals surface area contributed by atoms with Crippen molar-refractivity contribution in [3.8, 4) is 100 Å². The van der Waals surface area contributed by atoms with Gasteiger partial charge in [0.05, 0.1) is 5.41 Å². The van der Waals surface area contributed by atoms with Gasteiger partial charge in [0.15, 0.2) is 0 Å². The minimum atomic E-state index is -1.46. The third kappa shape index (κ3) is 10.9. The first kappa shape index (κ1) is 74.5. The van der Waals surface area contributed by atoms with Crippen molar-refractivity contribution >= 4 is 5.97 Å². The minimum absolute atomic E-state index is 0.779. The number of hydrogen-bond donors (Lipinski definition) is 6. The van der Waals surface area contributed by atoms with E-state index in [0.29, 0.717) is 0 Å². The number of hydrogen-bond acceptors (Lipinski definition) is 6. The van der Waals surface area contributed by atoms with Crippen LogP contribution >= 0.6 is 0 Å². The molecule has 6 aliphatic carbocycles. The van der Waals surface area contributed by atoms with Gasteiger partial charge in [0, 0.05) is 62.6 Å². The summed E-state index contributed by atoms with van der Waals surface area (Å²) in [7, 11) is 0. The Kier molecular flexibility index (Phi) is 17.2. The lowest BCUT2D eigenvalue weighted by molar-refractivity contribution is -0.134. The van der Waals surface area contributed by atoms with Crippen LogP contribution < -0.4 is 0 Å². The fraction of sp³-hybridized carbons (Fsp3) is 0.0603. The van der Waals surface area contributed by atoms with Crippen LogP contribution in [0.2, 0.25) is 0 Å². The first-order valence-electron chi connectivity index (χ1n) is 41.8. The van der Waals surface area contributed by atoms with Gasteiger partial charge in [0.25, 0.3) is 5.97 Å². The second kappa shape index (κ2) is 28.5. The van der Waals surface area contributed by atoms with Crippen molar-refractivity contribution in [3.63, 3.8) is 0 Å². The lowest BCUT2D eigenvalue weighted by Crippen LogP contribution is -2.31. The summed E-state index contributed by atoms with van der Waals surface area (Å²) < 4.78 is 0. The normalized spacial score (nSPS) is 15.0. The summed E-state index contributed by atoms with van der Waals surface area (Å²) in [5.41, 5.74) is 29.2. The highest BCUT2D eigenvalue weighted by atomic mass is 16.4. The topological polar surface area (TPSA) is 138 Å². The molecule has 7 heteroatoms. The summed E-state index contributed by atoms with van der Waals surface area (Å²) in [4.78, 5) is 9.00. The third-order valence-corrected chi connectivity index (χ3v) is 26.9. The van der Waals surface area contributed by atoms with E-state index in [4.69, 9.17) is 9.90 Å². The molecule has 0 fully saturated rings. The Hall–Kier alpha value is -14.8. The molecule has 18 aromatic rings. The van der Waals surface area contributed by atoms with Crippen LogP contribution in [0.4, 0.5) is 0 Å². The molecule has 0 aromatic heterocycles. The number of rotatable bonds is 10. The predicted octanol–water partition coefficient (Wildman–Crippen LogP) is 24.2. The second-order valence-electron chi connectivity index (χ2n) is 33.0. The van der Waals surface area contributed by atoms with E-state index in [9.17, 15) is 25.5 Å². The zero-order valence-corrected chi connectivity index (χ0v) is 67.1. The fourth-order valence-corrected chi connectivity index (χ4v) is 21.5. The van der Waals surface area contributed by atoms with Crippen LogP contribution in [0.15, 0.2) is 431 Å². The van der Waals surface area contributed by atoms with E-state index in [0.717, 1.165) is 213 Å². The summed E-state index contributed by atoms with van der Waals surface area (Å²) in [6.07, 6.45) is 0. The van der Waals surface area contributed by atoms with E-state index in [1.807, 2.05) is 182 Å². The van der Waals surface area contributed by atoms with Gasteiger partial charge >= 0.3 is 0 Å². The van der Waals surface area contributed by atoms with Crippen molar-refractivity contribution in [2.24, 2.45) is 0 Å². The summed E-state index contributed by atoms with van der Waals surface area (Å²) in [6.45, 7) is 1.08. The van der Waals surface area contributed by atoms with E-state index in [1.54, 1.807) is 0 Å². The van der Waals surface area contributed by atoms with Crippen molar-refractivity contribution in [2.75, 3.05) is 0 Å². The first-order valence-corrected chi connectivity index (χ1v) is 41.8. The van der Waals surface area contributed by atoms with Crippen LogP contribution in [-0.4, -0.2) is 36.6 Å². The van der Waals surface area contributed by atoms with E-state index >= 15 is 0 Å². The fourth-order valence-electron chi connectivity index (χ4n) is 21.5. The average molecular weight is 1590 g/mol. The van der Waals surface area contributed by atoms with Crippen molar-refractivity contribution in [1.82, 2.24) is 0 Å². The molecule has 7 nitrogen and oxygen atoms in total. The molecule has 0 amide bonds. The van der Waals surface area contributed by atoms with Gasteiger partial charge in [-0.15, -0.1) is 0 Å². The summed E-state index contributed by atoms with van der Waals surface area (Å²) in [5.74, 6) is -0.833. The maximum absolute atomic E-state index is 13.7. The number of aliphatic carboxylic acids is 1. The molecule has 6 N–H and O–H groups in total. The van der Waals surface area contributed by atoms with Crippen LogP contribution in [0.1, 0.15) is 113 Å². The molecule has 0 spiro atoms. The molecule has 0 bridgehead atoms. The lowest BCUT2D eigenvalue weighted by Gasteiger charge is -2.37. The predicted molar refractivity (Wildman–Crippen MR) is 490 cm³/mol. The van der Waals surface area contributed by atoms with Crippen LogP contribution in [0.25, 0.3) is 100 Å². The monoisotopic (exact) mass is 1580 g/mol. The zero-order chi connectivity index (χ0) is 83.1. The Morgan fingerprint density at radius 3 is 0.537 bits per heavy atom. The van der Waals surface area contributed by atoms with Gasteiger partial charge < -0.3 is 30.6 Å². The molecule has 0 heterocycles. The number of carboxylic acid groups (broad SMARTS) is 1. The van der Waals surface area contributed by atoms with Gasteiger partial charge in [-0.25, -0.2) is 0 Å². The lowest BCUT2D eigenvalue weighted by atomic mass is 9.64. The maximum Gasteiger partial charge on any atom is 0.300 e. The number of carbonyl (C=O) groups is 1. The molecule has 0 unspecified atom stereocenters. The quantitative estimate of drug-likeness (QED) is 0.0802. The van der Waals surface area contributed by atoms with Gasteiger partial charge in [-0.1, -0.05) is 431 Å². The maximum atomic E-state index is 13.7. The van der Waals surface area contributed by atoms with Gasteiger partial charge in [-0.3, -0.25) is 4.79 Å². The van der Waals surface area contributed by atoms with Gasteiger partial charge in [0.2, 0.25) is 0 Å². The molecule has 0 atom stereocenters. The minimum Gasteiger partial charge on any atom is -0.481 e. The molecule has 0 saturated heterocycles. The van der Waals surface area contributed by atoms with Gasteiger partial charge in [-0.2, -0.15) is 0 Å². The summed E-state index contributed by atoms with van der Waals surface area (Å²) >= 11 is 0. The second-order valence-corrected chi connectivity index (χ2v) is 33.0. The number of carboxylic acids is 1. The Balaban J connectivity index is 0.000000171. The molecule has 6 aliphatic rings. The highest BCUT2D eigenvalue weighted by Gasteiger charge is 2.52. The Morgan fingerprint density at radius 2 is 0.325 bits per heavy atom. The summed E-state index contributed by atoms with van der Waals surface area (Å²) in [6, 6.07) is 148. The first-order chi connectivity index (χ1) is 60.1. The van der Waals surface area contributed by atoms with Crippen molar-refractivity contribution in [2.45, 2.75) is 40.3 Å². The van der Waals surface area contributed by atoms with Crippen LogP contribution in [0.5, 0.6) is 0 Å². The average Bonchev–Trinajstić information content (AvgIpc) is 1.52. The van der Waals surface area contributed by atoms with E-state index in [2.05, 4.69) is 249 Å². The van der Waals surface area contributed by atoms with Gasteiger partial charge in [-0.05, 0) is 150 Å². The smallest absolute Gasteiger partial charge is 0.300 e. The highest BCUT2D eigenvalue weighted by molar-refractivity contribution is 5.93. The standard InChI is InChI=1S/C76H50O3.C38H26O2.C2H4O2/c77-74(66-27-11-3-19-58(66)59-20-4-12-28-67(59)74)52-41-35-49(36-42-52)48-33-39-51(40-34-48)73(64-25-9-1-17-56(64)57-18-2-10-26-65(57)73)72-47-54(76(79)70-31-15-7-23-62(70)63-24-8-16-32-71(63)76)45-46-55(72)50-37-43-53(44-38-50)75(78)68-29-13-5-21-60(68)61-22-6-14-30-69(61)75;39-37(33-13-5-1-9-29(33)30-10-2-6-14-34(30)37)27-21-17-25(18-22-27)26-19-23-28(24-20-26)38(40)35-15-7-3-11-31(35)32-12-4-8-16-36(32)38;1-2(3)4/h1-47,77-79H;1-24,39-40H;1H3,(H,3,4). The van der Waals surface area contributed by atoms with Crippen molar-refractivity contribution in [1.29, 1.82) is 0 Å². The summed E-state index contributed by atoms with van der Waals surface area (Å²) in [5, 5.41) is 71.1. The molecule has 586 valence electrons. The molecule has 123 heavy (non-hydrogen) atoms. The van der Waals surface area contributed by atoms with Crippen LogP contribution in [-0.2, 0) is 38.2 Å². The highest BCUT2D eigenvalue weighted by Crippen LogP contribution is 2.62. The molecular weight excluding hydrogens is 1510 g/mol.